The van der Waals surface area contributed by atoms with Crippen LogP contribution >= 0.6 is 0 Å². The Labute approximate surface area is 202 Å². The number of rotatable bonds is 3. The number of benzene rings is 1. The number of carbonyl (C=O) groups is 4. The largest absolute Gasteiger partial charge is 0.508 e. The van der Waals surface area contributed by atoms with Crippen LogP contribution in [0.15, 0.2) is 35.4 Å². The van der Waals surface area contributed by atoms with Gasteiger partial charge >= 0.3 is 0 Å². The lowest BCUT2D eigenvalue weighted by molar-refractivity contribution is -0.173. The van der Waals surface area contributed by atoms with Gasteiger partial charge in [0.2, 0.25) is 0 Å². The zero-order chi connectivity index (χ0) is 25.4. The Morgan fingerprint density at radius 1 is 1.03 bits per heavy atom. The number of hydroxylamine groups is 2. The Kier molecular flexibility index (Phi) is 5.17. The number of phenols is 1. The first-order valence-electron chi connectivity index (χ1n) is 11.5. The second-order valence-corrected chi connectivity index (χ2v) is 9.99. The number of ketones is 2. The van der Waals surface area contributed by atoms with Gasteiger partial charge in [0.25, 0.3) is 11.8 Å². The van der Waals surface area contributed by atoms with E-state index in [4.69, 9.17) is 9.47 Å². The first-order valence-corrected chi connectivity index (χ1v) is 11.5. The standard InChI is InChI=1S/C26H27NO8/c1-11-7-17(29)16-10-15-13(5-6-14-20(15)25(32)27(33)24(14)31)22(26(16,2)23(11)30)21-18(34-3)8-12(28)9-19(21)35-4/h5,7-9,14-16,20,22,28,33H,6,10H2,1-4H3/t14-,15+,16-,20-,22+,26+/m0/s1. The third-order valence-corrected chi connectivity index (χ3v) is 8.44. The number of ether oxygens (including phenoxy) is 2. The maximum atomic E-state index is 13.8. The molecule has 2 fully saturated rings. The van der Waals surface area contributed by atoms with Gasteiger partial charge in [-0.3, -0.25) is 24.4 Å². The highest BCUT2D eigenvalue weighted by Crippen LogP contribution is 2.64. The molecule has 1 aromatic carbocycles. The molecular formula is C26H27NO8. The minimum Gasteiger partial charge on any atom is -0.508 e. The van der Waals surface area contributed by atoms with Gasteiger partial charge in [-0.1, -0.05) is 18.6 Å². The van der Waals surface area contributed by atoms with Crippen LogP contribution in [0.2, 0.25) is 0 Å². The summed E-state index contributed by atoms with van der Waals surface area (Å²) < 4.78 is 11.2. The van der Waals surface area contributed by atoms with Crippen LogP contribution in [0.1, 0.15) is 38.2 Å². The van der Waals surface area contributed by atoms with Crippen LogP contribution in [0, 0.1) is 29.1 Å². The van der Waals surface area contributed by atoms with Crippen molar-refractivity contribution in [1.29, 1.82) is 0 Å². The molecular weight excluding hydrogens is 454 g/mol. The molecule has 1 saturated heterocycles. The van der Waals surface area contributed by atoms with Crippen LogP contribution in [-0.2, 0) is 19.2 Å². The third kappa shape index (κ3) is 2.97. The number of hydrogen-bond donors (Lipinski definition) is 2. The monoisotopic (exact) mass is 481 g/mol. The van der Waals surface area contributed by atoms with E-state index in [9.17, 15) is 29.5 Å². The predicted molar refractivity (Wildman–Crippen MR) is 121 cm³/mol. The number of amides is 2. The Balaban J connectivity index is 1.80. The number of carbonyl (C=O) groups excluding carboxylic acids is 4. The third-order valence-electron chi connectivity index (χ3n) is 8.44. The molecule has 9 nitrogen and oxygen atoms in total. The smallest absolute Gasteiger partial charge is 0.257 e. The summed E-state index contributed by atoms with van der Waals surface area (Å²) in [6.07, 6.45) is 3.63. The second kappa shape index (κ2) is 7.78. The fourth-order valence-corrected chi connectivity index (χ4v) is 6.90. The van der Waals surface area contributed by atoms with E-state index in [1.54, 1.807) is 13.8 Å². The van der Waals surface area contributed by atoms with E-state index < -0.39 is 46.8 Å². The summed E-state index contributed by atoms with van der Waals surface area (Å²) in [5.41, 5.74) is 0.354. The SMILES string of the molecule is COc1cc(O)cc(OC)c1[C@H]1C2=CC[C@@H]3C(=O)N(O)C(=O)[C@@H]3[C@@H]2C[C@H]2C(=O)C=C(C)C(=O)[C@@]12C. The summed E-state index contributed by atoms with van der Waals surface area (Å²) in [5, 5.41) is 20.5. The molecule has 35 heavy (non-hydrogen) atoms. The Bertz CT molecular complexity index is 1220. The van der Waals surface area contributed by atoms with Crippen LogP contribution in [0.4, 0.5) is 0 Å². The van der Waals surface area contributed by atoms with E-state index in [-0.39, 0.29) is 46.7 Å². The topological polar surface area (TPSA) is 130 Å². The molecule has 1 aliphatic heterocycles. The number of methoxy groups -OCH3 is 2. The van der Waals surface area contributed by atoms with E-state index in [0.29, 0.717) is 11.1 Å². The van der Waals surface area contributed by atoms with Crippen molar-refractivity contribution in [3.63, 3.8) is 0 Å². The average molecular weight is 482 g/mol. The summed E-state index contributed by atoms with van der Waals surface area (Å²) in [5.74, 6) is -4.87. The van der Waals surface area contributed by atoms with Gasteiger partial charge in [-0.05, 0) is 37.3 Å². The Hall–Kier alpha value is -3.46. The van der Waals surface area contributed by atoms with Crippen molar-refractivity contribution >= 4 is 23.4 Å². The van der Waals surface area contributed by atoms with Gasteiger partial charge in [0.1, 0.15) is 17.2 Å². The Morgan fingerprint density at radius 2 is 1.66 bits per heavy atom. The first kappa shape index (κ1) is 23.3. The summed E-state index contributed by atoms with van der Waals surface area (Å²) in [6.45, 7) is 3.37. The number of hydrogen-bond acceptors (Lipinski definition) is 8. The molecule has 0 bridgehead atoms. The van der Waals surface area contributed by atoms with Crippen molar-refractivity contribution in [1.82, 2.24) is 5.06 Å². The molecule has 2 N–H and O–H groups in total. The number of Topliss-reactive ketones (excluding diaryl/α,β-unsaturated/α-hetero) is 1. The molecule has 184 valence electrons. The average Bonchev–Trinajstić information content (AvgIpc) is 3.05. The molecule has 5 rings (SSSR count). The van der Waals surface area contributed by atoms with Gasteiger partial charge in [-0.2, -0.15) is 5.06 Å². The van der Waals surface area contributed by atoms with Crippen LogP contribution in [0.3, 0.4) is 0 Å². The van der Waals surface area contributed by atoms with E-state index >= 15 is 0 Å². The lowest BCUT2D eigenvalue weighted by Gasteiger charge is -2.53. The number of phenolic OH excluding ortho intramolecular Hbond substituents is 1. The maximum Gasteiger partial charge on any atom is 0.257 e. The van der Waals surface area contributed by atoms with Crippen LogP contribution in [0.25, 0.3) is 0 Å². The van der Waals surface area contributed by atoms with Crippen molar-refractivity contribution in [2.45, 2.75) is 32.6 Å². The highest BCUT2D eigenvalue weighted by Gasteiger charge is 2.64. The van der Waals surface area contributed by atoms with Gasteiger partial charge in [0.05, 0.1) is 31.5 Å². The molecule has 1 aromatic rings. The normalized spacial score (nSPS) is 34.1. The molecule has 0 aromatic heterocycles. The number of allylic oxidation sites excluding steroid dienone is 4. The van der Waals surface area contributed by atoms with E-state index in [1.165, 1.54) is 32.4 Å². The van der Waals surface area contributed by atoms with E-state index in [0.717, 1.165) is 5.57 Å². The zero-order valence-electron chi connectivity index (χ0n) is 19.9. The molecule has 0 radical (unpaired) electrons. The van der Waals surface area contributed by atoms with E-state index in [1.807, 2.05) is 6.08 Å². The zero-order valence-corrected chi connectivity index (χ0v) is 19.9. The molecule has 3 aliphatic carbocycles. The van der Waals surface area contributed by atoms with Gasteiger partial charge in [0, 0.05) is 29.5 Å². The molecule has 1 saturated carbocycles. The fourth-order valence-electron chi connectivity index (χ4n) is 6.90. The minimum absolute atomic E-state index is 0.0937. The molecule has 1 heterocycles. The first-order chi connectivity index (χ1) is 16.6. The van der Waals surface area contributed by atoms with Gasteiger partial charge in [-0.25, -0.2) is 0 Å². The summed E-state index contributed by atoms with van der Waals surface area (Å²) in [4.78, 5) is 52.6. The maximum absolute atomic E-state index is 13.8. The molecule has 0 spiro atoms. The molecule has 9 heteroatoms. The number of aromatic hydroxyl groups is 1. The van der Waals surface area contributed by atoms with Crippen LogP contribution < -0.4 is 9.47 Å². The molecule has 4 aliphatic rings. The van der Waals surface area contributed by atoms with Crippen molar-refractivity contribution < 1.29 is 39.0 Å². The van der Waals surface area contributed by atoms with Gasteiger partial charge < -0.3 is 14.6 Å². The van der Waals surface area contributed by atoms with Crippen molar-refractivity contribution in [2.75, 3.05) is 14.2 Å². The second-order valence-electron chi connectivity index (χ2n) is 9.99. The van der Waals surface area contributed by atoms with Gasteiger partial charge in [-0.15, -0.1) is 0 Å². The lowest BCUT2D eigenvalue weighted by atomic mass is 9.47. The highest BCUT2D eigenvalue weighted by molar-refractivity contribution is 6.13. The quantitative estimate of drug-likeness (QED) is 0.383. The summed E-state index contributed by atoms with van der Waals surface area (Å²) in [7, 11) is 2.87. The van der Waals surface area contributed by atoms with Crippen LogP contribution in [0.5, 0.6) is 17.2 Å². The summed E-state index contributed by atoms with van der Waals surface area (Å²) in [6, 6.07) is 2.84. The molecule has 0 unspecified atom stereocenters. The minimum atomic E-state index is -1.22. The number of nitrogens with zero attached hydrogens (tertiary/aromatic N) is 1. The number of imide groups is 1. The van der Waals surface area contributed by atoms with Crippen molar-refractivity contribution in [3.8, 4) is 17.2 Å². The van der Waals surface area contributed by atoms with Crippen molar-refractivity contribution in [2.24, 2.45) is 29.1 Å². The number of fused-ring (bicyclic) bond motifs is 4. The summed E-state index contributed by atoms with van der Waals surface area (Å²) >= 11 is 0. The lowest BCUT2D eigenvalue weighted by Crippen LogP contribution is -2.54. The molecule has 6 atom stereocenters. The predicted octanol–water partition coefficient (Wildman–Crippen LogP) is 2.55. The van der Waals surface area contributed by atoms with Crippen molar-refractivity contribution in [3.05, 3.63) is 41.0 Å². The fraction of sp³-hybridized carbons (Fsp3) is 0.462. The van der Waals surface area contributed by atoms with Crippen LogP contribution in [-0.4, -0.2) is 53.0 Å². The van der Waals surface area contributed by atoms with Gasteiger partial charge in [0.15, 0.2) is 11.6 Å². The molecule has 2 amide bonds. The highest BCUT2D eigenvalue weighted by atomic mass is 16.5. The van der Waals surface area contributed by atoms with E-state index in [2.05, 4.69) is 0 Å². The Morgan fingerprint density at radius 3 is 2.26 bits per heavy atom.